The Morgan fingerprint density at radius 3 is 2.49 bits per heavy atom. The van der Waals surface area contributed by atoms with Crippen LogP contribution >= 0.6 is 0 Å². The van der Waals surface area contributed by atoms with Gasteiger partial charge >= 0.3 is 5.69 Å². The van der Waals surface area contributed by atoms with E-state index in [-0.39, 0.29) is 22.6 Å². The molecule has 1 saturated heterocycles. The van der Waals surface area contributed by atoms with Crippen LogP contribution in [0.3, 0.4) is 0 Å². The summed E-state index contributed by atoms with van der Waals surface area (Å²) in [5, 5.41) is 6.06. The predicted molar refractivity (Wildman–Crippen MR) is 170 cm³/mol. The predicted octanol–water partition coefficient (Wildman–Crippen LogP) is 3.04. The number of aromatic nitrogens is 3. The molecule has 1 aliphatic rings. The summed E-state index contributed by atoms with van der Waals surface area (Å²) < 4.78 is 21.6. The number of amides is 1. The van der Waals surface area contributed by atoms with Crippen molar-refractivity contribution < 1.29 is 13.9 Å². The van der Waals surface area contributed by atoms with Crippen LogP contribution in [0.1, 0.15) is 35.3 Å². The first-order valence-electron chi connectivity index (χ1n) is 14.4. The Labute approximate surface area is 259 Å². The minimum absolute atomic E-state index is 0.141. The van der Waals surface area contributed by atoms with Crippen molar-refractivity contribution in [3.63, 3.8) is 0 Å². The molecule has 0 saturated carbocycles. The molecule has 0 unspecified atom stereocenters. The van der Waals surface area contributed by atoms with E-state index in [0.717, 1.165) is 47.4 Å². The van der Waals surface area contributed by atoms with Gasteiger partial charge in [0.2, 0.25) is 0 Å². The van der Waals surface area contributed by atoms with E-state index in [9.17, 15) is 18.8 Å². The Balaban J connectivity index is 1.37. The van der Waals surface area contributed by atoms with Gasteiger partial charge < -0.3 is 25.7 Å². The summed E-state index contributed by atoms with van der Waals surface area (Å²) in [5.41, 5.74) is 5.77. The zero-order valence-corrected chi connectivity index (χ0v) is 25.5. The first-order chi connectivity index (χ1) is 21.4. The minimum Gasteiger partial charge on any atom is -0.456 e. The number of ether oxygens (including phenoxy) is 1. The molecule has 5 rings (SSSR count). The monoisotopic (exact) mass is 611 g/mol. The number of nitrogens with two attached hydrogens (primary N) is 1. The molecule has 1 fully saturated rings. The normalized spacial score (nSPS) is 13.5. The standard InChI is InChI=1S/C33H34FN7O4/c1-21-19-23(38-30(42)26-20-39(4)32(44)41(31(26)43)24-8-5-22(34)6-9-24)7-10-27(21)45-28-12-14-37-29(35)25(28)11-13-33(2,3)40-17-15-36-16-18-40/h5-10,12,14,19-20,36H,15-18H2,1-4H3,(H2,35,37)(H,38,42). The molecular weight excluding hydrogens is 577 g/mol. The van der Waals surface area contributed by atoms with Crippen LogP contribution in [0.2, 0.25) is 0 Å². The quantitative estimate of drug-likeness (QED) is 0.283. The second kappa shape index (κ2) is 12.8. The van der Waals surface area contributed by atoms with Crippen LogP contribution in [0.15, 0.2) is 70.5 Å². The number of anilines is 2. The highest BCUT2D eigenvalue weighted by molar-refractivity contribution is 6.04. The van der Waals surface area contributed by atoms with Crippen molar-refractivity contribution in [3.05, 3.63) is 104 Å². The maximum Gasteiger partial charge on any atom is 0.335 e. The van der Waals surface area contributed by atoms with Crippen molar-refractivity contribution in [1.82, 2.24) is 24.3 Å². The molecular formula is C33H34FN7O4. The minimum atomic E-state index is -0.831. The van der Waals surface area contributed by atoms with E-state index in [4.69, 9.17) is 10.5 Å². The molecule has 12 heteroatoms. The number of hydrogen-bond acceptors (Lipinski definition) is 8. The van der Waals surface area contributed by atoms with Crippen molar-refractivity contribution >= 4 is 17.4 Å². The van der Waals surface area contributed by atoms with Gasteiger partial charge in [0.25, 0.3) is 11.5 Å². The van der Waals surface area contributed by atoms with Gasteiger partial charge in [-0.3, -0.25) is 14.5 Å². The highest BCUT2D eigenvalue weighted by Gasteiger charge is 2.26. The molecule has 11 nitrogen and oxygen atoms in total. The molecule has 1 amide bonds. The molecule has 4 N–H and O–H groups in total. The maximum atomic E-state index is 13.4. The van der Waals surface area contributed by atoms with Gasteiger partial charge in [-0.2, -0.15) is 0 Å². The van der Waals surface area contributed by atoms with E-state index in [1.165, 1.54) is 25.4 Å². The molecule has 0 spiro atoms. The number of pyridine rings is 1. The lowest BCUT2D eigenvalue weighted by molar-refractivity contribution is 0.102. The topological polar surface area (TPSA) is 137 Å². The highest BCUT2D eigenvalue weighted by Crippen LogP contribution is 2.31. The molecule has 0 atom stereocenters. The zero-order valence-electron chi connectivity index (χ0n) is 25.5. The lowest BCUT2D eigenvalue weighted by Gasteiger charge is -2.37. The summed E-state index contributed by atoms with van der Waals surface area (Å²) in [6.07, 6.45) is 2.72. The molecule has 0 aliphatic carbocycles. The first-order valence-corrected chi connectivity index (χ1v) is 14.4. The lowest BCUT2D eigenvalue weighted by Crippen LogP contribution is -2.52. The number of hydrogen-bond donors (Lipinski definition) is 3. The molecule has 2 aromatic carbocycles. The number of piperazine rings is 1. The Bertz CT molecular complexity index is 1930. The van der Waals surface area contributed by atoms with Gasteiger partial charge in [-0.1, -0.05) is 11.8 Å². The second-order valence-electron chi connectivity index (χ2n) is 11.2. The van der Waals surface area contributed by atoms with Gasteiger partial charge in [-0.15, -0.1) is 0 Å². The molecule has 0 bridgehead atoms. The number of halogens is 1. The van der Waals surface area contributed by atoms with Gasteiger partial charge in [-0.05, 0) is 68.8 Å². The van der Waals surface area contributed by atoms with E-state index in [2.05, 4.69) is 46.2 Å². The summed E-state index contributed by atoms with van der Waals surface area (Å²) in [6.45, 7) is 9.55. The Kier molecular flexibility index (Phi) is 8.85. The first kappa shape index (κ1) is 31.2. The molecule has 45 heavy (non-hydrogen) atoms. The van der Waals surface area contributed by atoms with Crippen molar-refractivity contribution in [2.45, 2.75) is 26.3 Å². The number of nitrogens with zero attached hydrogens (tertiary/aromatic N) is 4. The molecule has 0 radical (unpaired) electrons. The summed E-state index contributed by atoms with van der Waals surface area (Å²) in [5.74, 6) is 6.49. The van der Waals surface area contributed by atoms with Crippen molar-refractivity contribution in [2.24, 2.45) is 7.05 Å². The summed E-state index contributed by atoms with van der Waals surface area (Å²) in [4.78, 5) is 45.6. The van der Waals surface area contributed by atoms with Crippen LogP contribution in [0.25, 0.3) is 5.69 Å². The number of aryl methyl sites for hydroxylation is 2. The van der Waals surface area contributed by atoms with Gasteiger partial charge in [0.05, 0.1) is 11.2 Å². The van der Waals surface area contributed by atoms with Crippen molar-refractivity contribution in [2.75, 3.05) is 37.2 Å². The van der Waals surface area contributed by atoms with E-state index >= 15 is 0 Å². The number of benzene rings is 2. The SMILES string of the molecule is Cc1cc(NC(=O)c2cn(C)c(=O)n(-c3ccc(F)cc3)c2=O)ccc1Oc1ccnc(N)c1C#CC(C)(C)N1CCNCC1. The third-order valence-electron chi connectivity index (χ3n) is 7.57. The number of carbonyl (C=O) groups excluding carboxylic acids is 1. The smallest absolute Gasteiger partial charge is 0.335 e. The van der Waals surface area contributed by atoms with Gasteiger partial charge in [0.1, 0.15) is 34.3 Å². The average molecular weight is 612 g/mol. The van der Waals surface area contributed by atoms with Crippen LogP contribution < -0.4 is 32.4 Å². The van der Waals surface area contributed by atoms with Crippen molar-refractivity contribution in [1.29, 1.82) is 0 Å². The number of rotatable bonds is 6. The zero-order chi connectivity index (χ0) is 32.3. The highest BCUT2D eigenvalue weighted by atomic mass is 19.1. The lowest BCUT2D eigenvalue weighted by atomic mass is 10.0. The van der Waals surface area contributed by atoms with Crippen LogP contribution in [0, 0.1) is 24.6 Å². The molecule has 4 aromatic rings. The maximum absolute atomic E-state index is 13.4. The number of carbonyl (C=O) groups is 1. The Morgan fingerprint density at radius 1 is 1.09 bits per heavy atom. The summed E-state index contributed by atoms with van der Waals surface area (Å²) >= 11 is 0. The second-order valence-corrected chi connectivity index (χ2v) is 11.2. The number of nitrogen functional groups attached to an aromatic ring is 1. The largest absolute Gasteiger partial charge is 0.456 e. The molecule has 232 valence electrons. The van der Waals surface area contributed by atoms with Crippen LogP contribution in [0.4, 0.5) is 15.9 Å². The Morgan fingerprint density at radius 2 is 1.80 bits per heavy atom. The van der Waals surface area contributed by atoms with Crippen LogP contribution in [-0.4, -0.2) is 56.6 Å². The van der Waals surface area contributed by atoms with Crippen molar-refractivity contribution in [3.8, 4) is 29.0 Å². The van der Waals surface area contributed by atoms with Gasteiger partial charge in [0, 0.05) is 57.4 Å². The molecule has 1 aliphatic heterocycles. The van der Waals surface area contributed by atoms with E-state index in [0.29, 0.717) is 28.3 Å². The van der Waals surface area contributed by atoms with Crippen LogP contribution in [0.5, 0.6) is 11.5 Å². The average Bonchev–Trinajstić information content (AvgIpc) is 3.01. The summed E-state index contributed by atoms with van der Waals surface area (Å²) in [6, 6.07) is 11.5. The fourth-order valence-corrected chi connectivity index (χ4v) is 4.99. The fraction of sp³-hybridized carbons (Fsp3) is 0.273. The fourth-order valence-electron chi connectivity index (χ4n) is 4.99. The van der Waals surface area contributed by atoms with E-state index in [1.54, 1.807) is 30.5 Å². The summed E-state index contributed by atoms with van der Waals surface area (Å²) in [7, 11) is 1.42. The molecule has 2 aromatic heterocycles. The third-order valence-corrected chi connectivity index (χ3v) is 7.57. The third kappa shape index (κ3) is 6.80. The van der Waals surface area contributed by atoms with E-state index in [1.807, 2.05) is 6.92 Å². The number of nitrogens with one attached hydrogen (secondary N) is 2. The Hall–Kier alpha value is -5.25. The van der Waals surface area contributed by atoms with Crippen LogP contribution in [-0.2, 0) is 7.05 Å². The van der Waals surface area contributed by atoms with Gasteiger partial charge in [0.15, 0.2) is 0 Å². The van der Waals surface area contributed by atoms with Gasteiger partial charge in [-0.25, -0.2) is 18.7 Å². The van der Waals surface area contributed by atoms with E-state index < -0.39 is 23.0 Å². The molecule has 3 heterocycles.